The molecule has 0 aliphatic rings. The third-order valence-electron chi connectivity index (χ3n) is 2.33. The van der Waals surface area contributed by atoms with Gasteiger partial charge in [-0.25, -0.2) is 4.68 Å². The molecular weight excluding hydrogens is 190 g/mol. The van der Waals surface area contributed by atoms with Crippen molar-refractivity contribution in [2.24, 2.45) is 0 Å². The summed E-state index contributed by atoms with van der Waals surface area (Å²) in [5.41, 5.74) is 2.10. The molecule has 0 N–H and O–H groups in total. The molecule has 0 amide bonds. The Hall–Kier alpha value is -1.84. The Labute approximate surface area is 88.5 Å². The van der Waals surface area contributed by atoms with E-state index in [1.54, 1.807) is 24.2 Å². The second-order valence-electron chi connectivity index (χ2n) is 3.17. The Morgan fingerprint density at radius 3 is 2.87 bits per heavy atom. The standard InChI is InChI=1S/C11H13N3O/c1-3-9-5-4-6-10(11(9)15-2)14-8-7-12-13-14/h4-8H,3H2,1-2H3. The van der Waals surface area contributed by atoms with E-state index in [9.17, 15) is 0 Å². The van der Waals surface area contributed by atoms with Crippen molar-refractivity contribution >= 4 is 0 Å². The van der Waals surface area contributed by atoms with Crippen molar-refractivity contribution in [3.63, 3.8) is 0 Å². The first-order valence-electron chi connectivity index (χ1n) is 4.89. The zero-order chi connectivity index (χ0) is 10.7. The highest BCUT2D eigenvalue weighted by molar-refractivity contribution is 5.51. The summed E-state index contributed by atoms with van der Waals surface area (Å²) < 4.78 is 7.11. The molecule has 0 saturated heterocycles. The van der Waals surface area contributed by atoms with Crippen molar-refractivity contribution < 1.29 is 4.74 Å². The molecule has 0 radical (unpaired) electrons. The largest absolute Gasteiger partial charge is 0.494 e. The van der Waals surface area contributed by atoms with Crippen LogP contribution in [0.15, 0.2) is 30.6 Å². The number of rotatable bonds is 3. The van der Waals surface area contributed by atoms with Gasteiger partial charge in [-0.3, -0.25) is 0 Å². The first-order valence-corrected chi connectivity index (χ1v) is 4.89. The van der Waals surface area contributed by atoms with Gasteiger partial charge >= 0.3 is 0 Å². The van der Waals surface area contributed by atoms with Crippen LogP contribution in [0.4, 0.5) is 0 Å². The predicted molar refractivity (Wildman–Crippen MR) is 57.3 cm³/mol. The molecule has 0 saturated carbocycles. The minimum absolute atomic E-state index is 0.866. The first kappa shape index (κ1) is 9.71. The lowest BCUT2D eigenvalue weighted by atomic mass is 10.1. The minimum atomic E-state index is 0.866. The molecule has 15 heavy (non-hydrogen) atoms. The Bertz CT molecular complexity index is 437. The summed E-state index contributed by atoms with van der Waals surface area (Å²) in [6, 6.07) is 6.02. The summed E-state index contributed by atoms with van der Waals surface area (Å²) >= 11 is 0. The van der Waals surface area contributed by atoms with Crippen molar-refractivity contribution in [3.05, 3.63) is 36.2 Å². The highest BCUT2D eigenvalue weighted by Gasteiger charge is 2.09. The first-order chi connectivity index (χ1) is 7.36. The molecule has 0 aliphatic carbocycles. The van der Waals surface area contributed by atoms with Gasteiger partial charge in [0.25, 0.3) is 0 Å². The number of hydrogen-bond donors (Lipinski definition) is 0. The molecule has 2 rings (SSSR count). The molecule has 1 aromatic carbocycles. The van der Waals surface area contributed by atoms with Crippen molar-refractivity contribution in [2.45, 2.75) is 13.3 Å². The minimum Gasteiger partial charge on any atom is -0.494 e. The molecule has 1 heterocycles. The van der Waals surface area contributed by atoms with E-state index in [-0.39, 0.29) is 0 Å². The van der Waals surface area contributed by atoms with Gasteiger partial charge in [0.2, 0.25) is 0 Å². The molecule has 4 heteroatoms. The van der Waals surface area contributed by atoms with Crippen LogP contribution in [0.25, 0.3) is 5.69 Å². The second-order valence-corrected chi connectivity index (χ2v) is 3.17. The van der Waals surface area contributed by atoms with Crippen LogP contribution in [0, 0.1) is 0 Å². The van der Waals surface area contributed by atoms with Crippen LogP contribution in [0.5, 0.6) is 5.75 Å². The highest BCUT2D eigenvalue weighted by Crippen LogP contribution is 2.26. The number of methoxy groups -OCH3 is 1. The summed E-state index contributed by atoms with van der Waals surface area (Å²) in [7, 11) is 1.68. The van der Waals surface area contributed by atoms with Crippen molar-refractivity contribution in [3.8, 4) is 11.4 Å². The Morgan fingerprint density at radius 2 is 2.27 bits per heavy atom. The second kappa shape index (κ2) is 4.13. The fraction of sp³-hybridized carbons (Fsp3) is 0.273. The number of nitrogens with zero attached hydrogens (tertiary/aromatic N) is 3. The van der Waals surface area contributed by atoms with Crippen molar-refractivity contribution in [1.29, 1.82) is 0 Å². The summed E-state index contributed by atoms with van der Waals surface area (Å²) in [5, 5.41) is 7.74. The Morgan fingerprint density at radius 1 is 1.40 bits per heavy atom. The molecule has 78 valence electrons. The molecule has 0 atom stereocenters. The summed E-state index contributed by atoms with van der Waals surface area (Å²) in [4.78, 5) is 0. The van der Waals surface area contributed by atoms with E-state index < -0.39 is 0 Å². The summed E-state index contributed by atoms with van der Waals surface area (Å²) in [6.07, 6.45) is 4.39. The number of hydrogen-bond acceptors (Lipinski definition) is 3. The fourth-order valence-electron chi connectivity index (χ4n) is 1.60. The van der Waals surface area contributed by atoms with Crippen LogP contribution in [-0.4, -0.2) is 22.1 Å². The lowest BCUT2D eigenvalue weighted by Gasteiger charge is -2.11. The number of aryl methyl sites for hydroxylation is 1. The number of para-hydroxylation sites is 1. The van der Waals surface area contributed by atoms with Crippen LogP contribution < -0.4 is 4.74 Å². The molecule has 2 aromatic rings. The van der Waals surface area contributed by atoms with Gasteiger partial charge in [0, 0.05) is 0 Å². The van der Waals surface area contributed by atoms with Crippen LogP contribution in [0.3, 0.4) is 0 Å². The number of ether oxygens (including phenoxy) is 1. The molecule has 0 unspecified atom stereocenters. The van der Waals surface area contributed by atoms with Gasteiger partial charge in [-0.05, 0) is 18.1 Å². The van der Waals surface area contributed by atoms with E-state index in [2.05, 4.69) is 23.3 Å². The monoisotopic (exact) mass is 203 g/mol. The molecular formula is C11H13N3O. The molecule has 4 nitrogen and oxygen atoms in total. The van der Waals surface area contributed by atoms with Gasteiger partial charge in [0.1, 0.15) is 11.4 Å². The third kappa shape index (κ3) is 1.70. The van der Waals surface area contributed by atoms with Gasteiger partial charge in [-0.1, -0.05) is 24.3 Å². The average molecular weight is 203 g/mol. The van der Waals surface area contributed by atoms with Crippen LogP contribution in [0.1, 0.15) is 12.5 Å². The van der Waals surface area contributed by atoms with E-state index in [1.807, 2.05) is 12.1 Å². The molecule has 0 spiro atoms. The topological polar surface area (TPSA) is 39.9 Å². The average Bonchev–Trinajstić information content (AvgIpc) is 2.81. The van der Waals surface area contributed by atoms with Crippen LogP contribution in [-0.2, 0) is 6.42 Å². The van der Waals surface area contributed by atoms with E-state index >= 15 is 0 Å². The summed E-state index contributed by atoms with van der Waals surface area (Å²) in [6.45, 7) is 2.10. The van der Waals surface area contributed by atoms with Gasteiger partial charge in [-0.15, -0.1) is 5.10 Å². The number of benzene rings is 1. The fourth-order valence-corrected chi connectivity index (χ4v) is 1.60. The Kier molecular flexibility index (Phi) is 2.67. The number of aromatic nitrogens is 3. The van der Waals surface area contributed by atoms with E-state index in [0.717, 1.165) is 17.9 Å². The van der Waals surface area contributed by atoms with Crippen molar-refractivity contribution in [1.82, 2.24) is 15.0 Å². The summed E-state index contributed by atoms with van der Waals surface area (Å²) in [5.74, 6) is 0.866. The van der Waals surface area contributed by atoms with Crippen molar-refractivity contribution in [2.75, 3.05) is 7.11 Å². The van der Waals surface area contributed by atoms with Gasteiger partial charge in [-0.2, -0.15) is 0 Å². The smallest absolute Gasteiger partial charge is 0.147 e. The molecule has 0 aliphatic heterocycles. The third-order valence-corrected chi connectivity index (χ3v) is 2.33. The predicted octanol–water partition coefficient (Wildman–Crippen LogP) is 1.84. The lowest BCUT2D eigenvalue weighted by molar-refractivity contribution is 0.406. The zero-order valence-corrected chi connectivity index (χ0v) is 8.84. The van der Waals surface area contributed by atoms with E-state index in [1.165, 1.54) is 5.56 Å². The maximum Gasteiger partial charge on any atom is 0.147 e. The zero-order valence-electron chi connectivity index (χ0n) is 8.84. The normalized spacial score (nSPS) is 10.3. The Balaban J connectivity index is 2.56. The van der Waals surface area contributed by atoms with E-state index in [0.29, 0.717) is 0 Å². The maximum atomic E-state index is 5.40. The molecule has 0 bridgehead atoms. The van der Waals surface area contributed by atoms with Crippen LogP contribution >= 0.6 is 0 Å². The van der Waals surface area contributed by atoms with E-state index in [4.69, 9.17) is 4.74 Å². The van der Waals surface area contributed by atoms with Gasteiger partial charge in [0.15, 0.2) is 0 Å². The van der Waals surface area contributed by atoms with Gasteiger partial charge in [0.05, 0.1) is 19.5 Å². The highest BCUT2D eigenvalue weighted by atomic mass is 16.5. The molecule has 1 aromatic heterocycles. The quantitative estimate of drug-likeness (QED) is 0.764. The molecule has 0 fully saturated rings. The SMILES string of the molecule is CCc1cccc(-n2ccnn2)c1OC. The van der Waals surface area contributed by atoms with Crippen LogP contribution in [0.2, 0.25) is 0 Å². The lowest BCUT2D eigenvalue weighted by Crippen LogP contribution is -2.01. The maximum absolute atomic E-state index is 5.40. The van der Waals surface area contributed by atoms with Gasteiger partial charge < -0.3 is 4.74 Å².